The Balaban J connectivity index is 0.994. The van der Waals surface area contributed by atoms with Gasteiger partial charge in [0.1, 0.15) is 23.5 Å². The molecular weight excluding hydrogens is 559 g/mol. The number of likely N-dealkylation sites (N-methyl/N-ethyl adjacent to an activating group) is 1. The van der Waals surface area contributed by atoms with Gasteiger partial charge in [0, 0.05) is 46.7 Å². The molecule has 1 aromatic heterocycles. The van der Waals surface area contributed by atoms with Gasteiger partial charge < -0.3 is 20.1 Å². The number of hydrogen-bond acceptors (Lipinski definition) is 6. The van der Waals surface area contributed by atoms with Gasteiger partial charge in [0.15, 0.2) is 11.6 Å². The van der Waals surface area contributed by atoms with Gasteiger partial charge >= 0.3 is 0 Å². The number of nitrogens with zero attached hydrogens (tertiary/aromatic N) is 2. The molecule has 2 heterocycles. The van der Waals surface area contributed by atoms with Crippen LogP contribution in [0.15, 0.2) is 72.9 Å². The topological polar surface area (TPSA) is 92.8 Å². The highest BCUT2D eigenvalue weighted by atomic mass is 19.1. The van der Waals surface area contributed by atoms with E-state index in [1.165, 1.54) is 31.4 Å². The van der Waals surface area contributed by atoms with Gasteiger partial charge in [-0.25, -0.2) is 4.39 Å². The van der Waals surface area contributed by atoms with Crippen LogP contribution in [-0.2, 0) is 9.59 Å². The minimum absolute atomic E-state index is 0.00681. The third kappa shape index (κ3) is 5.36. The summed E-state index contributed by atoms with van der Waals surface area (Å²) in [5, 5.41) is 6.25. The summed E-state index contributed by atoms with van der Waals surface area (Å²) in [6, 6.07) is 19.3. The van der Waals surface area contributed by atoms with Crippen molar-refractivity contribution < 1.29 is 23.5 Å². The normalized spacial score (nSPS) is 19.5. The number of aryl methyl sites for hydroxylation is 1. The molecule has 44 heavy (non-hydrogen) atoms. The average Bonchev–Trinajstić information content (AvgIpc) is 3.94. The monoisotopic (exact) mass is 594 g/mol. The van der Waals surface area contributed by atoms with E-state index in [1.54, 1.807) is 30.5 Å². The summed E-state index contributed by atoms with van der Waals surface area (Å²) < 4.78 is 27.3. The van der Waals surface area contributed by atoms with E-state index < -0.39 is 17.1 Å². The molecule has 1 atom stereocenters. The summed E-state index contributed by atoms with van der Waals surface area (Å²) in [5.41, 5.74) is 1.88. The van der Waals surface area contributed by atoms with E-state index in [1.807, 2.05) is 37.3 Å². The number of aromatic nitrogens is 1. The van der Waals surface area contributed by atoms with Crippen LogP contribution >= 0.6 is 0 Å². The maximum absolute atomic E-state index is 15.2. The van der Waals surface area contributed by atoms with Crippen LogP contribution in [0.3, 0.4) is 0 Å². The zero-order valence-corrected chi connectivity index (χ0v) is 24.9. The second-order valence-corrected chi connectivity index (χ2v) is 12.4. The Labute approximate surface area is 255 Å². The number of anilines is 2. The van der Waals surface area contributed by atoms with E-state index in [9.17, 15) is 9.59 Å². The predicted molar refractivity (Wildman–Crippen MR) is 167 cm³/mol. The molecule has 0 radical (unpaired) electrons. The molecule has 8 nitrogen and oxygen atoms in total. The fourth-order valence-electron chi connectivity index (χ4n) is 6.21. The largest absolute Gasteiger partial charge is 0.492 e. The molecule has 2 aliphatic carbocycles. The number of halogens is 1. The molecule has 2 saturated carbocycles. The molecule has 7 rings (SSSR count). The highest BCUT2D eigenvalue weighted by Crippen LogP contribution is 2.51. The maximum atomic E-state index is 15.2. The van der Waals surface area contributed by atoms with Gasteiger partial charge in [-0.3, -0.25) is 19.5 Å². The smallest absolute Gasteiger partial charge is 0.240 e. The Morgan fingerprint density at radius 2 is 1.64 bits per heavy atom. The number of carbonyl (C=O) groups excluding carboxylic acids is 2. The molecule has 0 unspecified atom stereocenters. The van der Waals surface area contributed by atoms with E-state index in [-0.39, 0.29) is 17.3 Å². The van der Waals surface area contributed by atoms with Crippen molar-refractivity contribution in [1.82, 2.24) is 9.88 Å². The molecular formula is C35H35FN4O4. The summed E-state index contributed by atoms with van der Waals surface area (Å²) in [4.78, 5) is 32.9. The number of nitrogens with one attached hydrogen (secondary N) is 2. The first-order valence-corrected chi connectivity index (χ1v) is 15.2. The Hall–Kier alpha value is -4.50. The van der Waals surface area contributed by atoms with Crippen LogP contribution < -0.4 is 20.1 Å². The van der Waals surface area contributed by atoms with Crippen LogP contribution in [0.25, 0.3) is 10.9 Å². The van der Waals surface area contributed by atoms with Crippen LogP contribution in [0.2, 0.25) is 0 Å². The first kappa shape index (κ1) is 28.3. The minimum Gasteiger partial charge on any atom is -0.492 e. The van der Waals surface area contributed by atoms with E-state index in [0.29, 0.717) is 48.0 Å². The van der Waals surface area contributed by atoms with Crippen molar-refractivity contribution in [3.63, 3.8) is 0 Å². The number of benzene rings is 3. The number of hydrogen-bond donors (Lipinski definition) is 2. The third-order valence-electron chi connectivity index (χ3n) is 9.52. The molecule has 226 valence electrons. The van der Waals surface area contributed by atoms with Gasteiger partial charge in [0.05, 0.1) is 5.52 Å². The molecule has 0 bridgehead atoms. The van der Waals surface area contributed by atoms with Crippen molar-refractivity contribution in [2.75, 3.05) is 24.3 Å². The lowest BCUT2D eigenvalue weighted by Crippen LogP contribution is -2.37. The quantitative estimate of drug-likeness (QED) is 0.206. The predicted octanol–water partition coefficient (Wildman–Crippen LogP) is 6.84. The summed E-state index contributed by atoms with van der Waals surface area (Å²) in [6.07, 6.45) is 7.45. The average molecular weight is 595 g/mol. The first-order chi connectivity index (χ1) is 21.2. The lowest BCUT2D eigenvalue weighted by Gasteiger charge is -2.25. The Morgan fingerprint density at radius 1 is 0.909 bits per heavy atom. The van der Waals surface area contributed by atoms with Gasteiger partial charge in [-0.2, -0.15) is 0 Å². The SMILES string of the molecule is Cc1ccc(NC(=O)C2(C(=O)Nc3ccc(Oc4ccnc5cc(OC[C@@H]6CCC7(CC7)N6C)ccc45)c(F)c3)CC2)cc1. The third-order valence-corrected chi connectivity index (χ3v) is 9.52. The molecule has 3 fully saturated rings. The van der Waals surface area contributed by atoms with E-state index in [0.717, 1.165) is 23.1 Å². The number of carbonyl (C=O) groups is 2. The van der Waals surface area contributed by atoms with Crippen LogP contribution in [0.5, 0.6) is 17.2 Å². The second kappa shape index (κ2) is 10.9. The lowest BCUT2D eigenvalue weighted by atomic mass is 10.0. The standard InChI is InChI=1S/C35H35FN4O4/c1-22-3-5-23(6-4-22)38-32(41)35(16-17-35)33(42)39-24-7-10-31(28(36)19-24)44-30-12-18-37-29-20-26(8-9-27(29)30)43-21-25-11-13-34(14-15-34)40(25)2/h3-10,12,18-20,25H,11,13-17,21H2,1-2H3,(H,38,41)(H,39,42)/t25-/m0/s1. The Bertz CT molecular complexity index is 1750. The van der Waals surface area contributed by atoms with Crippen LogP contribution in [0.4, 0.5) is 15.8 Å². The van der Waals surface area contributed by atoms with Crippen molar-refractivity contribution in [3.05, 3.63) is 84.3 Å². The molecule has 2 N–H and O–H groups in total. The van der Waals surface area contributed by atoms with E-state index >= 15 is 4.39 Å². The van der Waals surface area contributed by atoms with Gasteiger partial charge in [-0.05, 0) is 95.0 Å². The van der Waals surface area contributed by atoms with Crippen molar-refractivity contribution in [2.24, 2.45) is 5.41 Å². The number of amides is 2. The number of likely N-dealkylation sites (tertiary alicyclic amines) is 1. The Kier molecular flexibility index (Phi) is 7.00. The zero-order chi connectivity index (χ0) is 30.5. The van der Waals surface area contributed by atoms with Crippen LogP contribution in [0, 0.1) is 18.2 Å². The summed E-state index contributed by atoms with van der Waals surface area (Å²) in [7, 11) is 2.20. The molecule has 1 aliphatic heterocycles. The summed E-state index contributed by atoms with van der Waals surface area (Å²) >= 11 is 0. The second-order valence-electron chi connectivity index (χ2n) is 12.4. The zero-order valence-electron chi connectivity index (χ0n) is 24.9. The van der Waals surface area contributed by atoms with E-state index in [4.69, 9.17) is 9.47 Å². The fraction of sp³-hybridized carbons (Fsp3) is 0.343. The molecule has 2 amide bonds. The van der Waals surface area contributed by atoms with Crippen molar-refractivity contribution in [3.8, 4) is 17.2 Å². The van der Waals surface area contributed by atoms with Gasteiger partial charge in [-0.1, -0.05) is 17.7 Å². The molecule has 3 aliphatic rings. The molecule has 4 aromatic rings. The highest BCUT2D eigenvalue weighted by molar-refractivity contribution is 6.16. The molecule has 3 aromatic carbocycles. The fourth-order valence-corrected chi connectivity index (χ4v) is 6.21. The van der Waals surface area contributed by atoms with Gasteiger partial charge in [0.2, 0.25) is 11.8 Å². The number of pyridine rings is 1. The van der Waals surface area contributed by atoms with Crippen molar-refractivity contribution in [2.45, 2.75) is 57.0 Å². The molecule has 9 heteroatoms. The number of fused-ring (bicyclic) bond motifs is 1. The maximum Gasteiger partial charge on any atom is 0.240 e. The van der Waals surface area contributed by atoms with Crippen molar-refractivity contribution >= 4 is 34.1 Å². The minimum atomic E-state index is -1.17. The summed E-state index contributed by atoms with van der Waals surface area (Å²) in [5.74, 6) is -0.272. The highest BCUT2D eigenvalue weighted by Gasteiger charge is 2.56. The lowest BCUT2D eigenvalue weighted by molar-refractivity contribution is -0.131. The van der Waals surface area contributed by atoms with Crippen molar-refractivity contribution in [1.29, 1.82) is 0 Å². The van der Waals surface area contributed by atoms with Crippen LogP contribution in [0.1, 0.15) is 44.1 Å². The number of rotatable bonds is 9. The Morgan fingerprint density at radius 3 is 2.32 bits per heavy atom. The van der Waals surface area contributed by atoms with Gasteiger partial charge in [0.25, 0.3) is 0 Å². The molecule has 1 spiro atoms. The van der Waals surface area contributed by atoms with Crippen LogP contribution in [-0.4, -0.2) is 46.9 Å². The van der Waals surface area contributed by atoms with E-state index in [2.05, 4.69) is 27.6 Å². The summed E-state index contributed by atoms with van der Waals surface area (Å²) in [6.45, 7) is 2.59. The number of ether oxygens (including phenoxy) is 2. The first-order valence-electron chi connectivity index (χ1n) is 15.2. The molecule has 1 saturated heterocycles. The van der Waals surface area contributed by atoms with Gasteiger partial charge in [-0.15, -0.1) is 0 Å².